The lowest BCUT2D eigenvalue weighted by atomic mass is 10.1. The van der Waals surface area contributed by atoms with Gasteiger partial charge >= 0.3 is 5.97 Å². The van der Waals surface area contributed by atoms with Gasteiger partial charge in [-0.3, -0.25) is 4.79 Å². The van der Waals surface area contributed by atoms with Crippen LogP contribution in [0.25, 0.3) is 0 Å². The van der Waals surface area contributed by atoms with Gasteiger partial charge in [-0.15, -0.1) is 0 Å². The Morgan fingerprint density at radius 2 is 1.82 bits per heavy atom. The third-order valence-corrected chi connectivity index (χ3v) is 4.68. The molecule has 0 aliphatic heterocycles. The van der Waals surface area contributed by atoms with Gasteiger partial charge in [-0.1, -0.05) is 12.1 Å². The first-order chi connectivity index (χ1) is 10.2. The number of hydrogen-bond acceptors (Lipinski definition) is 4. The summed E-state index contributed by atoms with van der Waals surface area (Å²) in [6.07, 6.45) is 0. The number of amides is 1. The molecule has 0 aliphatic rings. The van der Waals surface area contributed by atoms with E-state index >= 15 is 0 Å². The van der Waals surface area contributed by atoms with E-state index in [-0.39, 0.29) is 12.3 Å². The Kier molecular flexibility index (Phi) is 6.07. The highest BCUT2D eigenvalue weighted by atomic mass is 32.2. The van der Waals surface area contributed by atoms with Crippen molar-refractivity contribution >= 4 is 21.9 Å². The Morgan fingerprint density at radius 3 is 2.27 bits per heavy atom. The van der Waals surface area contributed by atoms with Gasteiger partial charge in [0.2, 0.25) is 10.0 Å². The number of sulfonamides is 1. The fraction of sp³-hybridized carbons (Fsp3) is 0.429. The second-order valence-corrected chi connectivity index (χ2v) is 6.95. The van der Waals surface area contributed by atoms with Crippen molar-refractivity contribution < 1.29 is 23.1 Å². The summed E-state index contributed by atoms with van der Waals surface area (Å²) in [5, 5.41) is 8.90. The highest BCUT2D eigenvalue weighted by Crippen LogP contribution is 2.09. The molecule has 7 nitrogen and oxygen atoms in total. The molecule has 1 aromatic carbocycles. The summed E-state index contributed by atoms with van der Waals surface area (Å²) in [4.78, 5) is 24.1. The molecule has 1 unspecified atom stereocenters. The molecule has 0 bridgehead atoms. The third-order valence-electron chi connectivity index (χ3n) is 3.34. The maximum absolute atomic E-state index is 12.1. The first kappa shape index (κ1) is 18.1. The van der Waals surface area contributed by atoms with Gasteiger partial charge in [0.05, 0.1) is 5.75 Å². The van der Waals surface area contributed by atoms with E-state index in [2.05, 4.69) is 4.72 Å². The van der Waals surface area contributed by atoms with E-state index in [0.717, 1.165) is 4.90 Å². The van der Waals surface area contributed by atoms with Crippen molar-refractivity contribution in [3.63, 3.8) is 0 Å². The van der Waals surface area contributed by atoms with Gasteiger partial charge in [0, 0.05) is 19.2 Å². The van der Waals surface area contributed by atoms with E-state index in [4.69, 9.17) is 5.11 Å². The van der Waals surface area contributed by atoms with Crippen LogP contribution < -0.4 is 4.72 Å². The summed E-state index contributed by atoms with van der Waals surface area (Å²) in [6, 6.07) is 5.42. The predicted octanol–water partition coefficient (Wildman–Crippen LogP) is 0.671. The zero-order chi connectivity index (χ0) is 16.9. The number of carboxylic acids is 1. The Hall–Kier alpha value is -1.93. The van der Waals surface area contributed by atoms with Gasteiger partial charge in [0.25, 0.3) is 5.91 Å². The third kappa shape index (κ3) is 4.81. The molecule has 22 heavy (non-hydrogen) atoms. The summed E-state index contributed by atoms with van der Waals surface area (Å²) in [7, 11) is -1.85. The average Bonchev–Trinajstić information content (AvgIpc) is 2.51. The summed E-state index contributed by atoms with van der Waals surface area (Å²) in [6.45, 7) is 3.11. The fourth-order valence-electron chi connectivity index (χ4n) is 1.61. The molecule has 122 valence electrons. The highest BCUT2D eigenvalue weighted by Gasteiger charge is 2.22. The SMILES string of the molecule is CCS(=O)(=O)NCc1ccc(C(=O)N(C)C(C)C(=O)O)cc1. The van der Waals surface area contributed by atoms with E-state index in [1.807, 2.05) is 0 Å². The molecule has 1 aromatic rings. The monoisotopic (exact) mass is 328 g/mol. The fourth-order valence-corrected chi connectivity index (χ4v) is 2.20. The molecule has 0 spiro atoms. The molecule has 2 N–H and O–H groups in total. The molecule has 1 rings (SSSR count). The Bertz CT molecular complexity index is 640. The van der Waals surface area contributed by atoms with Gasteiger partial charge in [-0.25, -0.2) is 17.9 Å². The zero-order valence-electron chi connectivity index (χ0n) is 12.7. The minimum Gasteiger partial charge on any atom is -0.480 e. The minimum atomic E-state index is -3.27. The molecule has 0 heterocycles. The lowest BCUT2D eigenvalue weighted by molar-refractivity contribution is -0.141. The lowest BCUT2D eigenvalue weighted by Crippen LogP contribution is -2.40. The van der Waals surface area contributed by atoms with Crippen LogP contribution in [0.5, 0.6) is 0 Å². The molecule has 0 aliphatic carbocycles. The molecule has 0 saturated carbocycles. The van der Waals surface area contributed by atoms with Crippen LogP contribution in [0.4, 0.5) is 0 Å². The van der Waals surface area contributed by atoms with Gasteiger partial charge in [-0.2, -0.15) is 0 Å². The number of hydrogen-bond donors (Lipinski definition) is 2. The molecule has 0 saturated heterocycles. The zero-order valence-corrected chi connectivity index (χ0v) is 13.6. The molecule has 0 fully saturated rings. The number of carboxylic acid groups (broad SMARTS) is 1. The van der Waals surface area contributed by atoms with Crippen molar-refractivity contribution in [1.29, 1.82) is 0 Å². The van der Waals surface area contributed by atoms with Crippen molar-refractivity contribution in [1.82, 2.24) is 9.62 Å². The smallest absolute Gasteiger partial charge is 0.326 e. The second-order valence-electron chi connectivity index (χ2n) is 4.85. The minimum absolute atomic E-state index is 0.00143. The largest absolute Gasteiger partial charge is 0.480 e. The van der Waals surface area contributed by atoms with Crippen molar-refractivity contribution in [3.05, 3.63) is 35.4 Å². The number of nitrogens with zero attached hydrogens (tertiary/aromatic N) is 1. The van der Waals surface area contributed by atoms with Crippen LogP contribution in [0.15, 0.2) is 24.3 Å². The van der Waals surface area contributed by atoms with Gasteiger partial charge in [-0.05, 0) is 31.5 Å². The molecule has 8 heteroatoms. The average molecular weight is 328 g/mol. The summed E-state index contributed by atoms with van der Waals surface area (Å²) < 4.78 is 25.1. The normalized spacial score (nSPS) is 12.7. The predicted molar refractivity (Wildman–Crippen MR) is 81.9 cm³/mol. The van der Waals surface area contributed by atoms with Crippen LogP contribution in [0.3, 0.4) is 0 Å². The molecule has 0 radical (unpaired) electrons. The van der Waals surface area contributed by atoms with Gasteiger partial charge in [0.1, 0.15) is 6.04 Å². The van der Waals surface area contributed by atoms with Crippen LogP contribution >= 0.6 is 0 Å². The summed E-state index contributed by atoms with van der Waals surface area (Å²) in [5.74, 6) is -1.49. The molecule has 1 amide bonds. The number of rotatable bonds is 7. The van der Waals surface area contributed by atoms with Crippen molar-refractivity contribution in [3.8, 4) is 0 Å². The van der Waals surface area contributed by atoms with Crippen LogP contribution in [-0.2, 0) is 21.4 Å². The number of carbonyl (C=O) groups excluding carboxylic acids is 1. The number of aliphatic carboxylic acids is 1. The Morgan fingerprint density at radius 1 is 1.27 bits per heavy atom. The topological polar surface area (TPSA) is 104 Å². The van der Waals surface area contributed by atoms with Gasteiger partial charge in [0.15, 0.2) is 0 Å². The summed E-state index contributed by atoms with van der Waals surface area (Å²) >= 11 is 0. The van der Waals surface area contributed by atoms with Gasteiger partial charge < -0.3 is 10.0 Å². The standard InChI is InChI=1S/C14H20N2O5S/c1-4-22(20,21)15-9-11-5-7-12(8-6-11)13(17)16(3)10(2)14(18)19/h5-8,10,15H,4,9H2,1-3H3,(H,18,19). The quantitative estimate of drug-likeness (QED) is 0.765. The van der Waals surface area contributed by atoms with E-state index < -0.39 is 27.9 Å². The molecule has 0 aromatic heterocycles. The van der Waals surface area contributed by atoms with Crippen molar-refractivity contribution in [2.45, 2.75) is 26.4 Å². The summed E-state index contributed by atoms with van der Waals surface area (Å²) in [5.41, 5.74) is 1.06. The first-order valence-corrected chi connectivity index (χ1v) is 8.39. The number of likely N-dealkylation sites (N-methyl/N-ethyl adjacent to an activating group) is 1. The van der Waals surface area contributed by atoms with E-state index in [1.54, 1.807) is 31.2 Å². The number of benzene rings is 1. The molecule has 1 atom stereocenters. The Balaban J connectivity index is 2.76. The van der Waals surface area contributed by atoms with Crippen molar-refractivity contribution in [2.24, 2.45) is 0 Å². The molecular formula is C14H20N2O5S. The van der Waals surface area contributed by atoms with Crippen LogP contribution in [0.1, 0.15) is 29.8 Å². The van der Waals surface area contributed by atoms with E-state index in [1.165, 1.54) is 14.0 Å². The first-order valence-electron chi connectivity index (χ1n) is 6.74. The highest BCUT2D eigenvalue weighted by molar-refractivity contribution is 7.89. The Labute approximate surface area is 130 Å². The van der Waals surface area contributed by atoms with E-state index in [0.29, 0.717) is 11.1 Å². The maximum atomic E-state index is 12.1. The van der Waals surface area contributed by atoms with Crippen LogP contribution in [0.2, 0.25) is 0 Å². The van der Waals surface area contributed by atoms with Crippen molar-refractivity contribution in [2.75, 3.05) is 12.8 Å². The lowest BCUT2D eigenvalue weighted by Gasteiger charge is -2.21. The van der Waals surface area contributed by atoms with E-state index in [9.17, 15) is 18.0 Å². The maximum Gasteiger partial charge on any atom is 0.326 e. The number of nitrogens with one attached hydrogen (secondary N) is 1. The molecular weight excluding hydrogens is 308 g/mol. The van der Waals surface area contributed by atoms with Crippen LogP contribution in [0, 0.1) is 0 Å². The second kappa shape index (κ2) is 7.37. The van der Waals surface area contributed by atoms with Crippen LogP contribution in [-0.4, -0.2) is 49.1 Å². The number of carbonyl (C=O) groups is 2.